The van der Waals surface area contributed by atoms with E-state index < -0.39 is 28.5 Å². The third-order valence-electron chi connectivity index (χ3n) is 6.37. The average molecular weight is 605 g/mol. The molecule has 3 rings (SSSR count). The predicted octanol–water partition coefficient (Wildman–Crippen LogP) is 5.54. The highest BCUT2D eigenvalue weighted by atomic mass is 35.5. The number of carbonyl (C=O) groups excluding carboxylic acids is 2. The predicted molar refractivity (Wildman–Crippen MR) is 162 cm³/mol. The van der Waals surface area contributed by atoms with Gasteiger partial charge in [-0.25, -0.2) is 8.42 Å². The second-order valence-electron chi connectivity index (χ2n) is 10.2. The van der Waals surface area contributed by atoms with Crippen molar-refractivity contribution in [2.24, 2.45) is 0 Å². The van der Waals surface area contributed by atoms with Gasteiger partial charge < -0.3 is 10.2 Å². The second-order valence-corrected chi connectivity index (χ2v) is 12.9. The van der Waals surface area contributed by atoms with Crippen molar-refractivity contribution >= 4 is 50.7 Å². The van der Waals surface area contributed by atoms with E-state index >= 15 is 0 Å². The Labute approximate surface area is 247 Å². The zero-order valence-corrected chi connectivity index (χ0v) is 25.6. The number of hydrogen-bond donors (Lipinski definition) is 1. The number of hydrogen-bond acceptors (Lipinski definition) is 4. The van der Waals surface area contributed by atoms with Crippen molar-refractivity contribution in [3.8, 4) is 0 Å². The number of sulfonamides is 1. The fourth-order valence-corrected chi connectivity index (χ4v) is 5.72. The Kier molecular flexibility index (Phi) is 10.6. The van der Waals surface area contributed by atoms with Gasteiger partial charge >= 0.3 is 0 Å². The van der Waals surface area contributed by atoms with Gasteiger partial charge in [-0.1, -0.05) is 71.7 Å². The Balaban J connectivity index is 2.11. The number of amides is 2. The minimum atomic E-state index is -3.85. The van der Waals surface area contributed by atoms with Crippen LogP contribution < -0.4 is 9.62 Å². The van der Waals surface area contributed by atoms with Crippen molar-refractivity contribution in [2.75, 3.05) is 17.1 Å². The number of halogens is 2. The second kappa shape index (κ2) is 13.5. The van der Waals surface area contributed by atoms with E-state index in [2.05, 4.69) is 5.32 Å². The van der Waals surface area contributed by atoms with Crippen LogP contribution in [0.5, 0.6) is 0 Å². The van der Waals surface area contributed by atoms with Crippen LogP contribution in [0.1, 0.15) is 36.1 Å². The lowest BCUT2D eigenvalue weighted by Crippen LogP contribution is -2.54. The number of rotatable bonds is 11. The summed E-state index contributed by atoms with van der Waals surface area (Å²) in [5.41, 5.74) is 3.39. The molecule has 0 unspecified atom stereocenters. The summed E-state index contributed by atoms with van der Waals surface area (Å²) in [5, 5.41) is 3.69. The maximum atomic E-state index is 14.1. The minimum absolute atomic E-state index is 0.0255. The van der Waals surface area contributed by atoms with Crippen LogP contribution >= 0.6 is 23.2 Å². The van der Waals surface area contributed by atoms with E-state index in [0.717, 1.165) is 21.7 Å². The van der Waals surface area contributed by atoms with Crippen molar-refractivity contribution in [1.29, 1.82) is 0 Å². The fraction of sp³-hybridized carbons (Fsp3) is 0.333. The summed E-state index contributed by atoms with van der Waals surface area (Å²) in [7, 11) is -3.85. The minimum Gasteiger partial charge on any atom is -0.352 e. The Morgan fingerprint density at radius 3 is 2.23 bits per heavy atom. The third kappa shape index (κ3) is 8.46. The molecule has 0 aliphatic heterocycles. The van der Waals surface area contributed by atoms with E-state index in [1.54, 1.807) is 31.2 Å². The Bertz CT molecular complexity index is 1460. The molecular weight excluding hydrogens is 569 g/mol. The summed E-state index contributed by atoms with van der Waals surface area (Å²) < 4.78 is 27.1. The molecule has 0 aliphatic carbocycles. The first-order chi connectivity index (χ1) is 18.8. The molecule has 2 amide bonds. The van der Waals surface area contributed by atoms with Gasteiger partial charge in [-0.05, 0) is 68.1 Å². The van der Waals surface area contributed by atoms with Crippen LogP contribution in [0.4, 0.5) is 5.69 Å². The van der Waals surface area contributed by atoms with E-state index in [4.69, 9.17) is 23.2 Å². The standard InChI is InChI=1S/C30H35Cl2N3O4S/c1-20(2)33-30(37)28(16-23-9-7-6-8-10-23)34(18-24-13-14-25(31)17-26(24)32)29(36)19-35(40(5,38)39)27-15-21(3)11-12-22(27)4/h6-15,17,20,28H,16,18-19H2,1-5H3,(H,33,37)/t28-/m1/s1. The van der Waals surface area contributed by atoms with Crippen LogP contribution in [-0.4, -0.2) is 50.0 Å². The molecular formula is C30H35Cl2N3O4S. The molecule has 214 valence electrons. The summed E-state index contributed by atoms with van der Waals surface area (Å²) in [6.07, 6.45) is 1.29. The fourth-order valence-electron chi connectivity index (χ4n) is 4.35. The van der Waals surface area contributed by atoms with E-state index in [0.29, 0.717) is 26.9 Å². The largest absolute Gasteiger partial charge is 0.352 e. The third-order valence-corrected chi connectivity index (χ3v) is 8.08. The van der Waals surface area contributed by atoms with Crippen molar-refractivity contribution in [3.63, 3.8) is 0 Å². The van der Waals surface area contributed by atoms with Crippen molar-refractivity contribution < 1.29 is 18.0 Å². The van der Waals surface area contributed by atoms with Gasteiger partial charge in [0.2, 0.25) is 21.8 Å². The molecule has 3 aromatic carbocycles. The molecule has 0 saturated carbocycles. The van der Waals surface area contributed by atoms with Gasteiger partial charge in [0, 0.05) is 29.1 Å². The van der Waals surface area contributed by atoms with Crippen LogP contribution in [0, 0.1) is 13.8 Å². The highest BCUT2D eigenvalue weighted by Crippen LogP contribution is 2.27. The monoisotopic (exact) mass is 603 g/mol. The normalized spacial score (nSPS) is 12.2. The summed E-state index contributed by atoms with van der Waals surface area (Å²) in [6, 6.07) is 18.6. The molecule has 0 aromatic heterocycles. The Morgan fingerprint density at radius 1 is 0.950 bits per heavy atom. The summed E-state index contributed by atoms with van der Waals surface area (Å²) in [5.74, 6) is -0.896. The quantitative estimate of drug-likeness (QED) is 0.312. The van der Waals surface area contributed by atoms with E-state index in [9.17, 15) is 18.0 Å². The van der Waals surface area contributed by atoms with E-state index in [1.807, 2.05) is 63.2 Å². The van der Waals surface area contributed by atoms with Gasteiger partial charge in [-0.3, -0.25) is 13.9 Å². The topological polar surface area (TPSA) is 86.8 Å². The molecule has 0 radical (unpaired) electrons. The van der Waals surface area contributed by atoms with Gasteiger partial charge in [0.05, 0.1) is 11.9 Å². The molecule has 0 fully saturated rings. The van der Waals surface area contributed by atoms with Crippen LogP contribution in [0.25, 0.3) is 0 Å². The van der Waals surface area contributed by atoms with Crippen LogP contribution in [0.3, 0.4) is 0 Å². The van der Waals surface area contributed by atoms with Gasteiger partial charge in [-0.2, -0.15) is 0 Å². The molecule has 0 saturated heterocycles. The highest BCUT2D eigenvalue weighted by molar-refractivity contribution is 7.92. The molecule has 10 heteroatoms. The SMILES string of the molecule is Cc1ccc(C)c(N(CC(=O)N(Cc2ccc(Cl)cc2Cl)[C@H](Cc2ccccc2)C(=O)NC(C)C)S(C)(=O)=O)c1. The first-order valence-electron chi connectivity index (χ1n) is 12.9. The highest BCUT2D eigenvalue weighted by Gasteiger charge is 2.34. The molecule has 3 aromatic rings. The maximum absolute atomic E-state index is 14.1. The smallest absolute Gasteiger partial charge is 0.244 e. The van der Waals surface area contributed by atoms with Crippen molar-refractivity contribution in [1.82, 2.24) is 10.2 Å². The zero-order chi connectivity index (χ0) is 29.6. The van der Waals surface area contributed by atoms with Crippen molar-refractivity contribution in [2.45, 2.75) is 52.7 Å². The molecule has 0 spiro atoms. The van der Waals surface area contributed by atoms with Crippen LogP contribution in [-0.2, 0) is 32.6 Å². The Morgan fingerprint density at radius 2 is 1.62 bits per heavy atom. The molecule has 40 heavy (non-hydrogen) atoms. The van der Waals surface area contributed by atoms with Gasteiger partial charge in [0.25, 0.3) is 0 Å². The van der Waals surface area contributed by atoms with Crippen molar-refractivity contribution in [3.05, 3.63) is 99.0 Å². The lowest BCUT2D eigenvalue weighted by Gasteiger charge is -2.34. The molecule has 1 N–H and O–H groups in total. The molecule has 0 bridgehead atoms. The lowest BCUT2D eigenvalue weighted by atomic mass is 10.0. The number of nitrogens with zero attached hydrogens (tertiary/aromatic N) is 2. The van der Waals surface area contributed by atoms with Gasteiger partial charge in [0.15, 0.2) is 0 Å². The van der Waals surface area contributed by atoms with E-state index in [1.165, 1.54) is 4.90 Å². The first kappa shape index (κ1) is 31.5. The molecule has 0 aliphatic rings. The first-order valence-corrected chi connectivity index (χ1v) is 15.5. The number of carbonyl (C=O) groups is 2. The lowest BCUT2D eigenvalue weighted by molar-refractivity contribution is -0.140. The average Bonchev–Trinajstić information content (AvgIpc) is 2.86. The van der Waals surface area contributed by atoms with Crippen LogP contribution in [0.15, 0.2) is 66.7 Å². The number of benzene rings is 3. The summed E-state index contributed by atoms with van der Waals surface area (Å²) in [4.78, 5) is 29.1. The number of nitrogens with one attached hydrogen (secondary N) is 1. The summed E-state index contributed by atoms with van der Waals surface area (Å²) in [6.45, 7) is 6.80. The molecule has 0 heterocycles. The van der Waals surface area contributed by atoms with Crippen LogP contribution in [0.2, 0.25) is 10.0 Å². The maximum Gasteiger partial charge on any atom is 0.244 e. The van der Waals surface area contributed by atoms with E-state index in [-0.39, 0.29) is 24.9 Å². The Hall–Kier alpha value is -3.07. The zero-order valence-electron chi connectivity index (χ0n) is 23.3. The summed E-state index contributed by atoms with van der Waals surface area (Å²) >= 11 is 12.6. The van der Waals surface area contributed by atoms with Gasteiger partial charge in [0.1, 0.15) is 12.6 Å². The molecule has 1 atom stereocenters. The number of aryl methyl sites for hydroxylation is 2. The molecule has 7 nitrogen and oxygen atoms in total. The number of anilines is 1. The van der Waals surface area contributed by atoms with Gasteiger partial charge in [-0.15, -0.1) is 0 Å².